The molecule has 8 heteroatoms. The lowest BCUT2D eigenvalue weighted by atomic mass is 10.0. The molecule has 7 nitrogen and oxygen atoms in total. The molecule has 0 unspecified atom stereocenters. The van der Waals surface area contributed by atoms with Crippen molar-refractivity contribution in [2.45, 2.75) is 26.0 Å². The van der Waals surface area contributed by atoms with E-state index >= 15 is 0 Å². The molecule has 0 spiro atoms. The van der Waals surface area contributed by atoms with E-state index in [4.69, 9.17) is 0 Å². The van der Waals surface area contributed by atoms with E-state index in [2.05, 4.69) is 20.4 Å². The van der Waals surface area contributed by atoms with Gasteiger partial charge < -0.3 is 10.4 Å². The van der Waals surface area contributed by atoms with E-state index < -0.39 is 0 Å². The van der Waals surface area contributed by atoms with Crippen LogP contribution < -0.4 is 5.32 Å². The van der Waals surface area contributed by atoms with Crippen molar-refractivity contribution < 1.29 is 9.90 Å². The van der Waals surface area contributed by atoms with Crippen molar-refractivity contribution in [2.24, 2.45) is 0 Å². The zero-order valence-corrected chi connectivity index (χ0v) is 16.0. The lowest BCUT2D eigenvalue weighted by molar-refractivity contribution is -0.113. The Balaban J connectivity index is 1.90. The van der Waals surface area contributed by atoms with E-state index in [9.17, 15) is 9.90 Å². The Bertz CT molecular complexity index is 1010. The average molecular weight is 381 g/mol. The number of rotatable bonds is 2. The molecule has 1 atom stereocenters. The van der Waals surface area contributed by atoms with Crippen molar-refractivity contribution in [3.05, 3.63) is 58.5 Å². The molecule has 2 N–H and O–H groups in total. The second kappa shape index (κ2) is 6.70. The maximum Gasteiger partial charge on any atom is 0.252 e. The van der Waals surface area contributed by atoms with Crippen LogP contribution in [0.4, 0.5) is 5.82 Å². The number of hydrogen-bond acceptors (Lipinski definition) is 6. The molecule has 0 radical (unpaired) electrons. The number of carbonyl (C=O) groups excluding carboxylic acids is 1. The number of phenols is 1. The summed E-state index contributed by atoms with van der Waals surface area (Å²) in [5.41, 5.74) is 4.41. The summed E-state index contributed by atoms with van der Waals surface area (Å²) in [6, 6.07) is 8.95. The lowest BCUT2D eigenvalue weighted by Gasteiger charge is -2.15. The van der Waals surface area contributed by atoms with Crippen LogP contribution >= 0.6 is 11.8 Å². The zero-order chi connectivity index (χ0) is 19.1. The van der Waals surface area contributed by atoms with E-state index in [1.54, 1.807) is 16.8 Å². The third kappa shape index (κ3) is 3.28. The van der Waals surface area contributed by atoms with Gasteiger partial charge in [-0.2, -0.15) is 9.78 Å². The Morgan fingerprint density at radius 3 is 2.48 bits per heavy atom. The molecule has 27 heavy (non-hydrogen) atoms. The minimum absolute atomic E-state index is 0.0841. The number of nitrogens with one attached hydrogen (secondary N) is 1. The van der Waals surface area contributed by atoms with E-state index in [1.807, 2.05) is 39.0 Å². The summed E-state index contributed by atoms with van der Waals surface area (Å²) in [5.74, 6) is 1.49. The maximum absolute atomic E-state index is 12.3. The SMILES string of the molecule is Cc1cc(C)nc(-n2nc(C)c3c2NC(=O)CS[C@H]3c2ccc(O)cc2)n1. The fraction of sp³-hybridized carbons (Fsp3) is 0.263. The second-order valence-corrected chi connectivity index (χ2v) is 7.63. The average Bonchev–Trinajstić information content (AvgIpc) is 2.81. The molecule has 1 aliphatic heterocycles. The van der Waals surface area contributed by atoms with Gasteiger partial charge in [-0.25, -0.2) is 9.97 Å². The van der Waals surface area contributed by atoms with Crippen LogP contribution in [0.3, 0.4) is 0 Å². The fourth-order valence-electron chi connectivity index (χ4n) is 3.24. The number of aromatic nitrogens is 4. The van der Waals surface area contributed by atoms with Crippen molar-refractivity contribution in [1.29, 1.82) is 0 Å². The Kier molecular flexibility index (Phi) is 4.35. The van der Waals surface area contributed by atoms with Gasteiger partial charge in [0.25, 0.3) is 5.95 Å². The molecule has 1 amide bonds. The van der Waals surface area contributed by atoms with Gasteiger partial charge in [-0.15, -0.1) is 11.8 Å². The highest BCUT2D eigenvalue weighted by molar-refractivity contribution is 8.00. The van der Waals surface area contributed by atoms with Gasteiger partial charge in [0, 0.05) is 17.0 Å². The summed E-state index contributed by atoms with van der Waals surface area (Å²) < 4.78 is 1.61. The van der Waals surface area contributed by atoms with Crippen molar-refractivity contribution in [1.82, 2.24) is 19.7 Å². The van der Waals surface area contributed by atoms with Crippen molar-refractivity contribution in [3.8, 4) is 11.7 Å². The molecule has 0 saturated carbocycles. The molecule has 0 aliphatic carbocycles. The van der Waals surface area contributed by atoms with Crippen LogP contribution in [0.1, 0.15) is 33.5 Å². The van der Waals surface area contributed by atoms with Crippen molar-refractivity contribution in [3.63, 3.8) is 0 Å². The summed E-state index contributed by atoms with van der Waals surface area (Å²) >= 11 is 1.53. The van der Waals surface area contributed by atoms with Gasteiger partial charge in [-0.3, -0.25) is 4.79 Å². The molecular formula is C19H19N5O2S. The molecule has 3 aromatic rings. The Hall–Kier alpha value is -2.87. The first-order valence-electron chi connectivity index (χ1n) is 8.55. The van der Waals surface area contributed by atoms with Crippen LogP contribution in [0.15, 0.2) is 30.3 Å². The first kappa shape index (κ1) is 17.5. The number of hydrogen-bond donors (Lipinski definition) is 2. The standard InChI is InChI=1S/C19H19N5O2S/c1-10-8-11(2)21-19(20-10)24-18-16(12(3)23-24)17(27-9-15(26)22-18)13-4-6-14(25)7-5-13/h4-8,17,25H,9H2,1-3H3,(H,22,26)/t17-/m0/s1. The van der Waals surface area contributed by atoms with E-state index in [1.165, 1.54) is 11.8 Å². The molecule has 0 bridgehead atoms. The van der Waals surface area contributed by atoms with Crippen LogP contribution in [0.2, 0.25) is 0 Å². The smallest absolute Gasteiger partial charge is 0.252 e. The zero-order valence-electron chi connectivity index (χ0n) is 15.2. The third-order valence-corrected chi connectivity index (χ3v) is 5.63. The maximum atomic E-state index is 12.3. The quantitative estimate of drug-likeness (QED) is 0.709. The summed E-state index contributed by atoms with van der Waals surface area (Å²) in [6.07, 6.45) is 0. The number of phenolic OH excluding ortho intramolecular Hbond substituents is 1. The number of aromatic hydroxyl groups is 1. The van der Waals surface area contributed by atoms with Gasteiger partial charge in [0.15, 0.2) is 0 Å². The van der Waals surface area contributed by atoms with Crippen molar-refractivity contribution in [2.75, 3.05) is 11.1 Å². The number of thioether (sulfide) groups is 1. The van der Waals surface area contributed by atoms with Gasteiger partial charge in [0.2, 0.25) is 5.91 Å². The molecule has 3 heterocycles. The first-order chi connectivity index (χ1) is 12.9. The molecule has 1 aliphatic rings. The van der Waals surface area contributed by atoms with Gasteiger partial charge in [-0.05, 0) is 44.5 Å². The Morgan fingerprint density at radius 2 is 1.81 bits per heavy atom. The minimum atomic E-state index is -0.0898. The van der Waals surface area contributed by atoms with Gasteiger partial charge in [0.1, 0.15) is 11.6 Å². The topological polar surface area (TPSA) is 92.9 Å². The summed E-state index contributed by atoms with van der Waals surface area (Å²) in [5, 5.41) is 17.1. The third-order valence-electron chi connectivity index (χ3n) is 4.36. The number of anilines is 1. The molecule has 4 rings (SSSR count). The monoisotopic (exact) mass is 381 g/mol. The lowest BCUT2D eigenvalue weighted by Crippen LogP contribution is -2.17. The van der Waals surface area contributed by atoms with Crippen LogP contribution in [-0.4, -0.2) is 36.5 Å². The number of carbonyl (C=O) groups is 1. The van der Waals surface area contributed by atoms with Crippen LogP contribution in [-0.2, 0) is 4.79 Å². The summed E-state index contributed by atoms with van der Waals surface area (Å²) in [4.78, 5) is 21.3. The van der Waals surface area contributed by atoms with E-state index in [0.717, 1.165) is 28.2 Å². The molecule has 1 aromatic carbocycles. The van der Waals surface area contributed by atoms with E-state index in [0.29, 0.717) is 17.5 Å². The molecule has 0 saturated heterocycles. The van der Waals surface area contributed by atoms with Gasteiger partial charge in [-0.1, -0.05) is 12.1 Å². The number of benzene rings is 1. The number of nitrogens with zero attached hydrogens (tertiary/aromatic N) is 4. The largest absolute Gasteiger partial charge is 0.508 e. The Morgan fingerprint density at radius 1 is 1.15 bits per heavy atom. The molecule has 138 valence electrons. The summed E-state index contributed by atoms with van der Waals surface area (Å²) in [6.45, 7) is 5.73. The first-order valence-corrected chi connectivity index (χ1v) is 9.60. The van der Waals surface area contributed by atoms with E-state index in [-0.39, 0.29) is 16.9 Å². The second-order valence-electron chi connectivity index (χ2n) is 6.54. The predicted octanol–water partition coefficient (Wildman–Crippen LogP) is 3.07. The van der Waals surface area contributed by atoms with Crippen molar-refractivity contribution >= 4 is 23.5 Å². The highest BCUT2D eigenvalue weighted by atomic mass is 32.2. The van der Waals surface area contributed by atoms with Gasteiger partial charge >= 0.3 is 0 Å². The molecular weight excluding hydrogens is 362 g/mol. The number of fused-ring (bicyclic) bond motifs is 1. The van der Waals surface area contributed by atoms with Crippen LogP contribution in [0, 0.1) is 20.8 Å². The highest BCUT2D eigenvalue weighted by Gasteiger charge is 2.31. The Labute approximate surface area is 160 Å². The van der Waals surface area contributed by atoms with Crippen LogP contribution in [0.25, 0.3) is 5.95 Å². The number of amides is 1. The van der Waals surface area contributed by atoms with Crippen LogP contribution in [0.5, 0.6) is 5.75 Å². The molecule has 2 aromatic heterocycles. The highest BCUT2D eigenvalue weighted by Crippen LogP contribution is 2.43. The number of aryl methyl sites for hydroxylation is 3. The molecule has 0 fully saturated rings. The fourth-order valence-corrected chi connectivity index (χ4v) is 4.43. The normalized spacial score (nSPS) is 16.6. The predicted molar refractivity (Wildman–Crippen MR) is 104 cm³/mol. The minimum Gasteiger partial charge on any atom is -0.508 e. The summed E-state index contributed by atoms with van der Waals surface area (Å²) in [7, 11) is 0. The van der Waals surface area contributed by atoms with Gasteiger partial charge in [0.05, 0.1) is 16.7 Å².